The summed E-state index contributed by atoms with van der Waals surface area (Å²) < 4.78 is 10.9. The number of phenols is 1. The smallest absolute Gasteiger partial charge is 0.330 e. The van der Waals surface area contributed by atoms with E-state index >= 15 is 0 Å². The van der Waals surface area contributed by atoms with Crippen molar-refractivity contribution < 1.29 is 19.4 Å². The van der Waals surface area contributed by atoms with Gasteiger partial charge in [0, 0.05) is 6.08 Å². The summed E-state index contributed by atoms with van der Waals surface area (Å²) in [5.74, 6) is 0.00442. The van der Waals surface area contributed by atoms with Crippen LogP contribution in [0.1, 0.15) is 44.1 Å². The zero-order valence-electron chi connectivity index (χ0n) is 13.6. The highest BCUT2D eigenvalue weighted by Crippen LogP contribution is 2.55. The number of carbonyl (C=O) groups is 1. The first kappa shape index (κ1) is 16.1. The average Bonchev–Trinajstić information content (AvgIpc) is 2.60. The fourth-order valence-electron chi connectivity index (χ4n) is 3.88. The van der Waals surface area contributed by atoms with Crippen molar-refractivity contribution in [3.63, 3.8) is 0 Å². The molecule has 0 unspecified atom stereocenters. The first-order valence-corrected chi connectivity index (χ1v) is 8.26. The molecule has 1 saturated carbocycles. The lowest BCUT2D eigenvalue weighted by atomic mass is 9.62. The van der Waals surface area contributed by atoms with E-state index in [2.05, 4.69) is 10.8 Å². The number of fused-ring (bicyclic) bond motifs is 3. The molecule has 0 amide bonds. The Morgan fingerprint density at radius 1 is 1.35 bits per heavy atom. The number of esters is 1. The Labute approximate surface area is 137 Å². The Kier molecular flexibility index (Phi) is 4.44. The van der Waals surface area contributed by atoms with Gasteiger partial charge in [-0.15, -0.1) is 0 Å². The molecule has 23 heavy (non-hydrogen) atoms. The second kappa shape index (κ2) is 6.36. The molecule has 0 spiro atoms. The van der Waals surface area contributed by atoms with Gasteiger partial charge in [0.15, 0.2) is 0 Å². The van der Waals surface area contributed by atoms with Gasteiger partial charge in [-0.25, -0.2) is 4.79 Å². The topological polar surface area (TPSA) is 55.8 Å². The van der Waals surface area contributed by atoms with Crippen molar-refractivity contribution >= 4 is 5.97 Å². The maximum absolute atomic E-state index is 11.1. The van der Waals surface area contributed by atoms with Crippen LogP contribution in [-0.4, -0.2) is 24.8 Å². The van der Waals surface area contributed by atoms with Gasteiger partial charge in [0.25, 0.3) is 0 Å². The fraction of sp³-hybridized carbons (Fsp3) is 0.526. The molecule has 2 saturated heterocycles. The summed E-state index contributed by atoms with van der Waals surface area (Å²) in [7, 11) is 1.39. The normalized spacial score (nSPS) is 29.8. The van der Waals surface area contributed by atoms with E-state index in [9.17, 15) is 9.90 Å². The lowest BCUT2D eigenvalue weighted by Gasteiger charge is -2.53. The lowest BCUT2D eigenvalue weighted by Crippen LogP contribution is -2.49. The maximum Gasteiger partial charge on any atom is 0.330 e. The number of hydrogen-bond acceptors (Lipinski definition) is 4. The van der Waals surface area contributed by atoms with Crippen LogP contribution in [0.5, 0.6) is 5.75 Å². The van der Waals surface area contributed by atoms with Gasteiger partial charge in [0.2, 0.25) is 0 Å². The van der Waals surface area contributed by atoms with Crippen molar-refractivity contribution in [3.8, 4) is 5.75 Å². The lowest BCUT2D eigenvalue weighted by molar-refractivity contribution is -0.191. The molecule has 0 aromatic heterocycles. The third kappa shape index (κ3) is 3.27. The summed E-state index contributed by atoms with van der Waals surface area (Å²) in [6, 6.07) is 7.47. The van der Waals surface area contributed by atoms with Gasteiger partial charge in [-0.3, -0.25) is 0 Å². The average molecular weight is 316 g/mol. The minimum atomic E-state index is -0.297. The molecule has 1 aromatic carbocycles. The summed E-state index contributed by atoms with van der Waals surface area (Å²) in [6.07, 6.45) is 9.57. The number of aromatic hydroxyl groups is 1. The van der Waals surface area contributed by atoms with Gasteiger partial charge in [-0.05, 0) is 61.6 Å². The number of benzene rings is 1. The van der Waals surface area contributed by atoms with E-state index in [1.165, 1.54) is 13.2 Å². The number of methoxy groups -OCH3 is 1. The molecular weight excluding hydrogens is 292 g/mol. The second-order valence-electron chi connectivity index (χ2n) is 6.80. The van der Waals surface area contributed by atoms with Crippen LogP contribution in [0.4, 0.5) is 0 Å². The van der Waals surface area contributed by atoms with Gasteiger partial charge in [0.05, 0.1) is 19.3 Å². The van der Waals surface area contributed by atoms with E-state index in [1.807, 2.05) is 18.2 Å². The molecule has 3 fully saturated rings. The fourth-order valence-corrected chi connectivity index (χ4v) is 3.88. The molecule has 4 heteroatoms. The Balaban J connectivity index is 1.61. The zero-order valence-corrected chi connectivity index (χ0v) is 13.6. The Bertz CT molecular complexity index is 581. The van der Waals surface area contributed by atoms with Crippen LogP contribution >= 0.6 is 0 Å². The molecule has 4 nitrogen and oxygen atoms in total. The van der Waals surface area contributed by atoms with Crippen molar-refractivity contribution in [2.24, 2.45) is 5.41 Å². The van der Waals surface area contributed by atoms with Gasteiger partial charge in [-0.2, -0.15) is 0 Å². The summed E-state index contributed by atoms with van der Waals surface area (Å²) in [5.41, 5.74) is 1.11. The van der Waals surface area contributed by atoms with E-state index in [1.54, 1.807) is 6.07 Å². The van der Waals surface area contributed by atoms with Crippen molar-refractivity contribution in [1.82, 2.24) is 0 Å². The van der Waals surface area contributed by atoms with Crippen molar-refractivity contribution in [2.75, 3.05) is 13.7 Å². The van der Waals surface area contributed by atoms with Crippen LogP contribution in [0, 0.1) is 5.41 Å². The first-order chi connectivity index (χ1) is 11.1. The Hall–Kier alpha value is -1.81. The van der Waals surface area contributed by atoms with Crippen molar-refractivity contribution in [2.45, 2.75) is 44.1 Å². The Morgan fingerprint density at radius 2 is 2.13 bits per heavy atom. The molecule has 124 valence electrons. The predicted molar refractivity (Wildman–Crippen MR) is 87.0 cm³/mol. The van der Waals surface area contributed by atoms with Crippen molar-refractivity contribution in [3.05, 3.63) is 42.0 Å². The third-order valence-electron chi connectivity index (χ3n) is 5.44. The number of allylic oxidation sites excluding steroid dienone is 1. The highest BCUT2D eigenvalue weighted by molar-refractivity contribution is 5.81. The van der Waals surface area contributed by atoms with Crippen LogP contribution < -0.4 is 0 Å². The van der Waals surface area contributed by atoms with E-state index in [-0.39, 0.29) is 17.0 Å². The number of rotatable bonds is 5. The zero-order chi connectivity index (χ0) is 16.3. The molecule has 0 radical (unpaired) electrons. The maximum atomic E-state index is 11.1. The van der Waals surface area contributed by atoms with Crippen molar-refractivity contribution in [1.29, 1.82) is 0 Å². The molecule has 4 rings (SSSR count). The highest BCUT2D eigenvalue weighted by atomic mass is 16.5. The molecule has 1 aromatic rings. The van der Waals surface area contributed by atoms with E-state index in [0.29, 0.717) is 5.75 Å². The minimum absolute atomic E-state index is 0.220. The molecule has 1 aliphatic carbocycles. The van der Waals surface area contributed by atoms with Crippen LogP contribution in [0.15, 0.2) is 36.4 Å². The van der Waals surface area contributed by atoms with E-state index in [0.717, 1.165) is 50.7 Å². The standard InChI is InChI=1S/C19H24O4/c1-22-17(21)7-2-3-8-18-9-11-19(12-10-18,23-14-18)15-5-4-6-16(20)13-15/h2,4-7,13,20H,3,8-12,14H2,1H3. The number of ether oxygens (including phenoxy) is 2. The Morgan fingerprint density at radius 3 is 2.74 bits per heavy atom. The van der Waals surface area contributed by atoms with Crippen LogP contribution in [-0.2, 0) is 19.9 Å². The number of carbonyl (C=O) groups excluding carboxylic acids is 1. The largest absolute Gasteiger partial charge is 0.508 e. The molecule has 3 aliphatic rings. The molecule has 0 atom stereocenters. The highest BCUT2D eigenvalue weighted by Gasteiger charge is 2.50. The van der Waals surface area contributed by atoms with Gasteiger partial charge in [-0.1, -0.05) is 18.2 Å². The molecule has 2 aliphatic heterocycles. The van der Waals surface area contributed by atoms with Gasteiger partial charge in [0.1, 0.15) is 5.75 Å². The van der Waals surface area contributed by atoms with Crippen LogP contribution in [0.3, 0.4) is 0 Å². The van der Waals surface area contributed by atoms with E-state index in [4.69, 9.17) is 4.74 Å². The predicted octanol–water partition coefficient (Wildman–Crippen LogP) is 3.69. The van der Waals surface area contributed by atoms with Crippen LogP contribution in [0.25, 0.3) is 0 Å². The number of hydrogen-bond donors (Lipinski definition) is 1. The quantitative estimate of drug-likeness (QED) is 0.665. The van der Waals surface area contributed by atoms with Gasteiger partial charge >= 0.3 is 5.97 Å². The molecule has 1 N–H and O–H groups in total. The molecule has 2 heterocycles. The summed E-state index contributed by atoms with van der Waals surface area (Å²) >= 11 is 0. The van der Waals surface area contributed by atoms with Gasteiger partial charge < -0.3 is 14.6 Å². The monoisotopic (exact) mass is 316 g/mol. The molecule has 2 bridgehead atoms. The minimum Gasteiger partial charge on any atom is -0.508 e. The van der Waals surface area contributed by atoms with E-state index < -0.39 is 0 Å². The summed E-state index contributed by atoms with van der Waals surface area (Å²) in [5, 5.41) is 9.72. The molecular formula is C19H24O4. The van der Waals surface area contributed by atoms with Crippen LogP contribution in [0.2, 0.25) is 0 Å². The SMILES string of the molecule is COC(=O)C=CCCC12CCC(c3cccc(O)c3)(CC1)OC2. The first-order valence-electron chi connectivity index (χ1n) is 8.26. The summed E-state index contributed by atoms with van der Waals surface area (Å²) in [6.45, 7) is 0.759. The summed E-state index contributed by atoms with van der Waals surface area (Å²) in [4.78, 5) is 11.1. The second-order valence-corrected chi connectivity index (χ2v) is 6.80. The third-order valence-corrected chi connectivity index (χ3v) is 5.44. The number of phenolic OH excluding ortho intramolecular Hbond substituents is 1.